The van der Waals surface area contributed by atoms with Gasteiger partial charge in [-0.3, -0.25) is 9.59 Å². The molecule has 0 radical (unpaired) electrons. The van der Waals surface area contributed by atoms with Crippen molar-refractivity contribution in [2.45, 2.75) is 20.3 Å². The summed E-state index contributed by atoms with van der Waals surface area (Å²) in [5, 5.41) is 0. The van der Waals surface area contributed by atoms with E-state index in [1.165, 1.54) is 0 Å². The van der Waals surface area contributed by atoms with Gasteiger partial charge in [0, 0.05) is 18.7 Å². The van der Waals surface area contributed by atoms with Gasteiger partial charge in [-0.2, -0.15) is 0 Å². The zero-order valence-corrected chi connectivity index (χ0v) is 8.91. The van der Waals surface area contributed by atoms with E-state index in [2.05, 4.69) is 0 Å². The Morgan fingerprint density at radius 2 is 1.93 bits per heavy atom. The summed E-state index contributed by atoms with van der Waals surface area (Å²) in [6.45, 7) is 4.49. The second kappa shape index (κ2) is 3.50. The largest absolute Gasteiger partial charge is 0.305 e. The molecule has 0 aliphatic carbocycles. The van der Waals surface area contributed by atoms with Crippen molar-refractivity contribution in [1.29, 1.82) is 0 Å². The third-order valence-electron chi connectivity index (χ3n) is 2.91. The fraction of sp³-hybridized carbons (Fsp3) is 0.333. The molecule has 0 unspecified atom stereocenters. The van der Waals surface area contributed by atoms with Crippen LogP contribution in [0.3, 0.4) is 0 Å². The lowest BCUT2D eigenvalue weighted by molar-refractivity contribution is -0.133. The van der Waals surface area contributed by atoms with Gasteiger partial charge < -0.3 is 4.90 Å². The van der Waals surface area contributed by atoms with Gasteiger partial charge in [0.05, 0.1) is 0 Å². The van der Waals surface area contributed by atoms with Crippen LogP contribution in [0.25, 0.3) is 0 Å². The van der Waals surface area contributed by atoms with E-state index in [9.17, 15) is 9.59 Å². The maximum absolute atomic E-state index is 11.5. The monoisotopic (exact) mass is 203 g/mol. The summed E-state index contributed by atoms with van der Waals surface area (Å²) in [6, 6.07) is 5.80. The second-order valence-corrected chi connectivity index (χ2v) is 3.85. The number of ketones is 1. The third kappa shape index (κ3) is 1.54. The molecule has 1 aromatic carbocycles. The van der Waals surface area contributed by atoms with E-state index >= 15 is 0 Å². The molecule has 0 atom stereocenters. The highest BCUT2D eigenvalue weighted by molar-refractivity contribution is 6.43. The standard InChI is InChI=1S/C12H13NO2/c1-8-4-3-5-10(9(8)2)13-7-6-11(14)12(13)15/h3-5H,6-7H2,1-2H3. The van der Waals surface area contributed by atoms with Gasteiger partial charge in [0.2, 0.25) is 5.78 Å². The van der Waals surface area contributed by atoms with Crippen LogP contribution in [0.5, 0.6) is 0 Å². The maximum Gasteiger partial charge on any atom is 0.294 e. The minimum absolute atomic E-state index is 0.282. The Bertz CT molecular complexity index is 437. The topological polar surface area (TPSA) is 37.4 Å². The fourth-order valence-electron chi connectivity index (χ4n) is 1.83. The number of amides is 1. The van der Waals surface area contributed by atoms with Gasteiger partial charge in [-0.1, -0.05) is 12.1 Å². The van der Waals surface area contributed by atoms with Crippen molar-refractivity contribution in [3.05, 3.63) is 29.3 Å². The van der Waals surface area contributed by atoms with Crippen LogP contribution in [0, 0.1) is 13.8 Å². The molecule has 0 saturated carbocycles. The number of benzene rings is 1. The Balaban J connectivity index is 2.43. The molecule has 15 heavy (non-hydrogen) atoms. The SMILES string of the molecule is Cc1cccc(N2CCC(=O)C2=O)c1C. The van der Waals surface area contributed by atoms with Crippen molar-refractivity contribution in [1.82, 2.24) is 0 Å². The molecule has 1 aliphatic heterocycles. The summed E-state index contributed by atoms with van der Waals surface area (Å²) in [5.74, 6) is -0.653. The van der Waals surface area contributed by atoms with Crippen LogP contribution in [-0.2, 0) is 9.59 Å². The van der Waals surface area contributed by atoms with Crippen LogP contribution in [0.4, 0.5) is 5.69 Å². The highest BCUT2D eigenvalue weighted by Gasteiger charge is 2.31. The Kier molecular flexibility index (Phi) is 2.31. The van der Waals surface area contributed by atoms with Crippen molar-refractivity contribution < 1.29 is 9.59 Å². The molecule has 1 heterocycles. The number of hydrogen-bond donors (Lipinski definition) is 0. The first-order valence-electron chi connectivity index (χ1n) is 5.02. The van der Waals surface area contributed by atoms with Gasteiger partial charge in [0.1, 0.15) is 0 Å². The molecular formula is C12H13NO2. The summed E-state index contributed by atoms with van der Waals surface area (Å²) in [4.78, 5) is 24.3. The molecule has 1 amide bonds. The summed E-state index contributed by atoms with van der Waals surface area (Å²) in [6.07, 6.45) is 0.339. The number of rotatable bonds is 1. The van der Waals surface area contributed by atoms with E-state index in [4.69, 9.17) is 0 Å². The number of carbonyl (C=O) groups is 2. The Morgan fingerprint density at radius 1 is 1.20 bits per heavy atom. The van der Waals surface area contributed by atoms with E-state index in [0.29, 0.717) is 13.0 Å². The molecule has 78 valence electrons. The Morgan fingerprint density at radius 3 is 2.53 bits per heavy atom. The predicted molar refractivity (Wildman–Crippen MR) is 57.9 cm³/mol. The summed E-state index contributed by atoms with van der Waals surface area (Å²) in [5.41, 5.74) is 3.08. The highest BCUT2D eigenvalue weighted by Crippen LogP contribution is 2.25. The molecule has 2 rings (SSSR count). The number of carbonyl (C=O) groups excluding carboxylic acids is 2. The molecule has 0 spiro atoms. The molecule has 3 heteroatoms. The van der Waals surface area contributed by atoms with Crippen molar-refractivity contribution in [2.24, 2.45) is 0 Å². The third-order valence-corrected chi connectivity index (χ3v) is 2.91. The zero-order chi connectivity index (χ0) is 11.0. The first kappa shape index (κ1) is 9.90. The molecule has 0 bridgehead atoms. The van der Waals surface area contributed by atoms with Gasteiger partial charge in [-0.05, 0) is 31.0 Å². The van der Waals surface area contributed by atoms with Crippen LogP contribution in [-0.4, -0.2) is 18.2 Å². The van der Waals surface area contributed by atoms with Crippen molar-refractivity contribution >= 4 is 17.4 Å². The first-order valence-corrected chi connectivity index (χ1v) is 5.02. The van der Waals surface area contributed by atoms with Crippen LogP contribution >= 0.6 is 0 Å². The molecule has 0 N–H and O–H groups in total. The maximum atomic E-state index is 11.5. The number of hydrogen-bond acceptors (Lipinski definition) is 2. The number of Topliss-reactive ketones (excluding diaryl/α,β-unsaturated/α-hetero) is 1. The molecule has 1 aliphatic rings. The minimum atomic E-state index is -0.372. The second-order valence-electron chi connectivity index (χ2n) is 3.85. The summed E-state index contributed by atoms with van der Waals surface area (Å²) < 4.78 is 0. The van der Waals surface area contributed by atoms with E-state index < -0.39 is 0 Å². The average Bonchev–Trinajstić information content (AvgIpc) is 2.53. The average molecular weight is 203 g/mol. The quantitative estimate of drug-likeness (QED) is 0.650. The van der Waals surface area contributed by atoms with E-state index in [1.807, 2.05) is 32.0 Å². The lowest BCUT2D eigenvalue weighted by atomic mass is 10.1. The van der Waals surface area contributed by atoms with Gasteiger partial charge in [-0.25, -0.2) is 0 Å². The fourth-order valence-corrected chi connectivity index (χ4v) is 1.83. The highest BCUT2D eigenvalue weighted by atomic mass is 16.2. The van der Waals surface area contributed by atoms with Crippen LogP contribution in [0.15, 0.2) is 18.2 Å². The number of nitrogens with zero attached hydrogens (tertiary/aromatic N) is 1. The molecular weight excluding hydrogens is 190 g/mol. The molecule has 1 fully saturated rings. The van der Waals surface area contributed by atoms with E-state index in [0.717, 1.165) is 16.8 Å². The van der Waals surface area contributed by atoms with Gasteiger partial charge in [-0.15, -0.1) is 0 Å². The molecule has 1 aromatic rings. The predicted octanol–water partition coefficient (Wildman–Crippen LogP) is 1.61. The minimum Gasteiger partial charge on any atom is -0.305 e. The van der Waals surface area contributed by atoms with Crippen molar-refractivity contribution in [2.75, 3.05) is 11.4 Å². The smallest absolute Gasteiger partial charge is 0.294 e. The summed E-state index contributed by atoms with van der Waals surface area (Å²) >= 11 is 0. The molecule has 1 saturated heterocycles. The number of aryl methyl sites for hydroxylation is 1. The summed E-state index contributed by atoms with van der Waals surface area (Å²) in [7, 11) is 0. The van der Waals surface area contributed by atoms with Crippen LogP contribution in [0.1, 0.15) is 17.5 Å². The normalized spacial score (nSPS) is 16.3. The zero-order valence-electron chi connectivity index (χ0n) is 8.91. The van der Waals surface area contributed by atoms with Gasteiger partial charge in [0.15, 0.2) is 0 Å². The van der Waals surface area contributed by atoms with Crippen molar-refractivity contribution in [3.8, 4) is 0 Å². The van der Waals surface area contributed by atoms with Crippen LogP contribution < -0.4 is 4.90 Å². The van der Waals surface area contributed by atoms with E-state index in [1.54, 1.807) is 4.90 Å². The lowest BCUT2D eigenvalue weighted by Crippen LogP contribution is -2.27. The number of anilines is 1. The van der Waals surface area contributed by atoms with E-state index in [-0.39, 0.29) is 11.7 Å². The lowest BCUT2D eigenvalue weighted by Gasteiger charge is -2.18. The first-order chi connectivity index (χ1) is 7.11. The molecule has 0 aromatic heterocycles. The Hall–Kier alpha value is -1.64. The van der Waals surface area contributed by atoms with Crippen molar-refractivity contribution in [3.63, 3.8) is 0 Å². The van der Waals surface area contributed by atoms with Gasteiger partial charge in [0.25, 0.3) is 5.91 Å². The van der Waals surface area contributed by atoms with Gasteiger partial charge >= 0.3 is 0 Å². The molecule has 3 nitrogen and oxygen atoms in total. The van der Waals surface area contributed by atoms with Crippen LogP contribution in [0.2, 0.25) is 0 Å². The Labute approximate surface area is 88.7 Å².